The summed E-state index contributed by atoms with van der Waals surface area (Å²) in [6.45, 7) is 5.25. The number of carbonyl (C=O) groups excluding carboxylic acids is 3. The van der Waals surface area contributed by atoms with E-state index in [1.807, 2.05) is 0 Å². The van der Waals surface area contributed by atoms with Crippen LogP contribution in [0.25, 0.3) is 0 Å². The summed E-state index contributed by atoms with van der Waals surface area (Å²) in [6.07, 6.45) is 3.09. The van der Waals surface area contributed by atoms with Crippen LogP contribution in [0.3, 0.4) is 0 Å². The number of hydrogen-bond acceptors (Lipinski definition) is 9. The number of hydrogen-bond donors (Lipinski definition) is 1. The quantitative estimate of drug-likeness (QED) is 0.391. The molecule has 2 aromatic heterocycles. The van der Waals surface area contributed by atoms with Gasteiger partial charge in [-0.2, -0.15) is 0 Å². The third-order valence-corrected chi connectivity index (χ3v) is 5.46. The maximum absolute atomic E-state index is 12.7. The van der Waals surface area contributed by atoms with Crippen LogP contribution in [0.4, 0.5) is 5.00 Å². The van der Waals surface area contributed by atoms with Gasteiger partial charge in [0, 0.05) is 0 Å². The smallest absolute Gasteiger partial charge is 0.348 e. The maximum Gasteiger partial charge on any atom is 0.348 e. The second-order valence-corrected chi connectivity index (χ2v) is 7.41. The van der Waals surface area contributed by atoms with Crippen molar-refractivity contribution >= 4 is 57.5 Å². The van der Waals surface area contributed by atoms with E-state index in [9.17, 15) is 14.4 Å². The van der Waals surface area contributed by atoms with Crippen LogP contribution in [0.5, 0.6) is 0 Å². The summed E-state index contributed by atoms with van der Waals surface area (Å²) in [4.78, 5) is 45.6. The molecule has 2 heterocycles. The summed E-state index contributed by atoms with van der Waals surface area (Å²) >= 11 is 8.22. The van der Waals surface area contributed by atoms with E-state index in [1.165, 1.54) is 18.0 Å². The molecule has 0 aromatic carbocycles. The fourth-order valence-electron chi connectivity index (χ4n) is 2.21. The van der Waals surface area contributed by atoms with Crippen molar-refractivity contribution in [2.24, 2.45) is 0 Å². The molecular weight excluding hydrogens is 426 g/mol. The molecule has 150 valence electrons. The molecule has 0 spiro atoms. The minimum Gasteiger partial charge on any atom is -0.462 e. The third-order valence-electron chi connectivity index (χ3n) is 3.43. The van der Waals surface area contributed by atoms with Gasteiger partial charge in [0.15, 0.2) is 10.9 Å². The predicted octanol–water partition coefficient (Wildman–Crippen LogP) is 3.83. The van der Waals surface area contributed by atoms with E-state index in [1.54, 1.807) is 27.0 Å². The number of halogens is 1. The van der Waals surface area contributed by atoms with Gasteiger partial charge in [-0.25, -0.2) is 19.6 Å². The lowest BCUT2D eigenvalue weighted by Crippen LogP contribution is -2.17. The Labute approximate surface area is 175 Å². The van der Waals surface area contributed by atoms with Crippen molar-refractivity contribution in [3.63, 3.8) is 0 Å². The first-order chi connectivity index (χ1) is 13.3. The van der Waals surface area contributed by atoms with Crippen molar-refractivity contribution in [2.75, 3.05) is 24.8 Å². The van der Waals surface area contributed by atoms with E-state index in [0.717, 1.165) is 11.3 Å². The molecule has 0 aliphatic heterocycles. The highest BCUT2D eigenvalue weighted by Crippen LogP contribution is 2.35. The number of anilines is 1. The molecule has 1 N–H and O–H groups in total. The Bertz CT molecular complexity index is 916. The van der Waals surface area contributed by atoms with Crippen LogP contribution in [0.1, 0.15) is 49.9 Å². The molecule has 8 nitrogen and oxygen atoms in total. The van der Waals surface area contributed by atoms with Crippen LogP contribution >= 0.6 is 34.7 Å². The van der Waals surface area contributed by atoms with Gasteiger partial charge in [0.2, 0.25) is 0 Å². The van der Waals surface area contributed by atoms with E-state index in [4.69, 9.17) is 21.1 Å². The number of ether oxygens (including phenoxy) is 2. The molecule has 0 bridgehead atoms. The lowest BCUT2D eigenvalue weighted by atomic mass is 10.1. The lowest BCUT2D eigenvalue weighted by molar-refractivity contribution is 0.0527. The van der Waals surface area contributed by atoms with Crippen LogP contribution in [0, 0.1) is 6.92 Å². The van der Waals surface area contributed by atoms with Crippen molar-refractivity contribution in [3.05, 3.63) is 32.9 Å². The Morgan fingerprint density at radius 2 is 1.86 bits per heavy atom. The monoisotopic (exact) mass is 443 g/mol. The number of nitrogens with zero attached hydrogens (tertiary/aromatic N) is 2. The van der Waals surface area contributed by atoms with Crippen LogP contribution < -0.4 is 5.32 Å². The maximum atomic E-state index is 12.7. The Hall–Kier alpha value is -2.17. The fourth-order valence-corrected chi connectivity index (χ4v) is 3.81. The molecule has 0 saturated carbocycles. The van der Waals surface area contributed by atoms with Crippen LogP contribution in [0.15, 0.2) is 11.4 Å². The minimum absolute atomic E-state index is 0.0421. The van der Waals surface area contributed by atoms with Gasteiger partial charge in [-0.1, -0.05) is 23.4 Å². The zero-order valence-electron chi connectivity index (χ0n) is 15.6. The Kier molecular flexibility index (Phi) is 7.78. The van der Waals surface area contributed by atoms with E-state index in [2.05, 4.69) is 15.3 Å². The second-order valence-electron chi connectivity index (χ2n) is 5.21. The highest BCUT2D eigenvalue weighted by atomic mass is 35.5. The van der Waals surface area contributed by atoms with Gasteiger partial charge in [0.05, 0.1) is 30.0 Å². The second kappa shape index (κ2) is 9.85. The number of aromatic nitrogens is 2. The highest BCUT2D eigenvalue weighted by Gasteiger charge is 2.28. The molecule has 28 heavy (non-hydrogen) atoms. The Morgan fingerprint density at radius 3 is 2.46 bits per heavy atom. The van der Waals surface area contributed by atoms with Gasteiger partial charge >= 0.3 is 11.9 Å². The summed E-state index contributed by atoms with van der Waals surface area (Å²) in [6, 6.07) is 0. The van der Waals surface area contributed by atoms with E-state index in [0.29, 0.717) is 10.7 Å². The molecule has 0 fully saturated rings. The minimum atomic E-state index is -0.652. The van der Waals surface area contributed by atoms with Crippen LogP contribution in [0.2, 0.25) is 5.02 Å². The number of rotatable bonds is 7. The van der Waals surface area contributed by atoms with E-state index >= 15 is 0 Å². The zero-order valence-corrected chi connectivity index (χ0v) is 18.0. The first kappa shape index (κ1) is 22.1. The van der Waals surface area contributed by atoms with E-state index in [-0.39, 0.29) is 39.4 Å². The van der Waals surface area contributed by atoms with Gasteiger partial charge in [0.1, 0.15) is 9.88 Å². The summed E-state index contributed by atoms with van der Waals surface area (Å²) < 4.78 is 10.1. The normalized spacial score (nSPS) is 10.5. The summed E-state index contributed by atoms with van der Waals surface area (Å²) in [5, 5.41) is 3.19. The molecule has 2 aromatic rings. The summed E-state index contributed by atoms with van der Waals surface area (Å²) in [7, 11) is 0. The lowest BCUT2D eigenvalue weighted by Gasteiger charge is -2.08. The Balaban J connectivity index is 2.46. The predicted molar refractivity (Wildman–Crippen MR) is 108 cm³/mol. The molecule has 0 saturated heterocycles. The molecule has 0 aliphatic rings. The van der Waals surface area contributed by atoms with E-state index < -0.39 is 17.8 Å². The number of thioether (sulfide) groups is 1. The first-order valence-corrected chi connectivity index (χ1v) is 10.6. The average Bonchev–Trinajstić information content (AvgIpc) is 2.98. The van der Waals surface area contributed by atoms with Crippen LogP contribution in [-0.4, -0.2) is 47.3 Å². The number of carbonyl (C=O) groups is 3. The summed E-state index contributed by atoms with van der Waals surface area (Å²) in [5.74, 6) is -1.87. The highest BCUT2D eigenvalue weighted by molar-refractivity contribution is 7.98. The largest absolute Gasteiger partial charge is 0.462 e. The molecule has 0 unspecified atom stereocenters. The number of nitrogens with one attached hydrogen (secondary N) is 1. The van der Waals surface area contributed by atoms with Crippen molar-refractivity contribution in [2.45, 2.75) is 25.9 Å². The van der Waals surface area contributed by atoms with Gasteiger partial charge in [-0.15, -0.1) is 11.3 Å². The first-order valence-electron chi connectivity index (χ1n) is 8.19. The van der Waals surface area contributed by atoms with Gasteiger partial charge in [-0.05, 0) is 32.6 Å². The average molecular weight is 444 g/mol. The molecule has 1 amide bonds. The molecule has 0 atom stereocenters. The number of thiophene rings is 1. The van der Waals surface area contributed by atoms with Gasteiger partial charge < -0.3 is 14.8 Å². The number of esters is 2. The summed E-state index contributed by atoms with van der Waals surface area (Å²) in [5.41, 5.74) is 0.425. The van der Waals surface area contributed by atoms with Gasteiger partial charge in [0.25, 0.3) is 5.91 Å². The SMILES string of the molecule is CCOC(=O)c1sc(NC(=O)c2nc(SC)ncc2Cl)c(C(=O)OCC)c1C. The fraction of sp³-hybridized carbons (Fsp3) is 0.353. The van der Waals surface area contributed by atoms with Crippen molar-refractivity contribution in [3.8, 4) is 0 Å². The Morgan fingerprint density at radius 1 is 1.21 bits per heavy atom. The molecular formula is C17H18ClN3O5S2. The molecule has 2 rings (SSSR count). The van der Waals surface area contributed by atoms with Crippen LogP contribution in [-0.2, 0) is 9.47 Å². The molecule has 0 radical (unpaired) electrons. The topological polar surface area (TPSA) is 107 Å². The standard InChI is InChI=1S/C17H18ClN3O5S2/c1-5-25-15(23)10-8(3)12(16(24)26-6-2)28-14(10)21-13(22)11-9(18)7-19-17(20-11)27-4/h7H,5-6H2,1-4H3,(H,21,22). The van der Waals surface area contributed by atoms with Crippen molar-refractivity contribution < 1.29 is 23.9 Å². The zero-order chi connectivity index (χ0) is 20.8. The van der Waals surface area contributed by atoms with Gasteiger partial charge in [-0.3, -0.25) is 4.79 Å². The molecule has 11 heteroatoms. The number of amides is 1. The van der Waals surface area contributed by atoms with Crippen molar-refractivity contribution in [1.82, 2.24) is 9.97 Å². The molecule has 0 aliphatic carbocycles. The third kappa shape index (κ3) is 4.81. The van der Waals surface area contributed by atoms with Crippen molar-refractivity contribution in [1.29, 1.82) is 0 Å².